The second-order valence-electron chi connectivity index (χ2n) is 5.63. The lowest BCUT2D eigenvalue weighted by atomic mass is 10.0. The van der Waals surface area contributed by atoms with Crippen LogP contribution in [-0.2, 0) is 0 Å². The van der Waals surface area contributed by atoms with E-state index in [-0.39, 0.29) is 11.4 Å². The number of rotatable bonds is 3. The molecule has 2 heterocycles. The lowest BCUT2D eigenvalue weighted by Crippen LogP contribution is -2.45. The van der Waals surface area contributed by atoms with Crippen LogP contribution in [0.1, 0.15) is 37.0 Å². The maximum atomic E-state index is 12.8. The van der Waals surface area contributed by atoms with Gasteiger partial charge in [-0.1, -0.05) is 0 Å². The Morgan fingerprint density at radius 3 is 2.90 bits per heavy atom. The van der Waals surface area contributed by atoms with Gasteiger partial charge in [-0.3, -0.25) is 9.79 Å². The summed E-state index contributed by atoms with van der Waals surface area (Å²) in [4.78, 5) is 19.3. The number of amides is 1. The van der Waals surface area contributed by atoms with Gasteiger partial charge in [0.1, 0.15) is 0 Å². The molecule has 0 aromatic heterocycles. The quantitative estimate of drug-likeness (QED) is 0.859. The van der Waals surface area contributed by atoms with E-state index in [1.807, 2.05) is 18.0 Å². The fourth-order valence-corrected chi connectivity index (χ4v) is 3.06. The summed E-state index contributed by atoms with van der Waals surface area (Å²) >= 11 is 0. The Morgan fingerprint density at radius 1 is 1.38 bits per heavy atom. The molecule has 0 bridgehead atoms. The first kappa shape index (κ1) is 13.9. The number of carbonyl (C=O) groups excluding carboxylic acids is 1. The van der Waals surface area contributed by atoms with Crippen molar-refractivity contribution in [3.63, 3.8) is 0 Å². The zero-order valence-electron chi connectivity index (χ0n) is 12.7. The van der Waals surface area contributed by atoms with Gasteiger partial charge >= 0.3 is 0 Å². The first-order valence-corrected chi connectivity index (χ1v) is 7.31. The van der Waals surface area contributed by atoms with Crippen LogP contribution in [0.5, 0.6) is 11.5 Å². The number of ether oxygens (including phenoxy) is 2. The Labute approximate surface area is 124 Å². The number of hydrogen-bond acceptors (Lipinski definition) is 4. The van der Waals surface area contributed by atoms with Crippen molar-refractivity contribution in [2.24, 2.45) is 4.99 Å². The number of hydrogen-bond donors (Lipinski definition) is 0. The van der Waals surface area contributed by atoms with Crippen LogP contribution in [0.15, 0.2) is 17.1 Å². The molecule has 21 heavy (non-hydrogen) atoms. The minimum atomic E-state index is -0.283. The van der Waals surface area contributed by atoms with Crippen molar-refractivity contribution >= 4 is 17.8 Å². The second kappa shape index (κ2) is 5.06. The van der Waals surface area contributed by atoms with Gasteiger partial charge in [-0.25, -0.2) is 0 Å². The summed E-state index contributed by atoms with van der Waals surface area (Å²) in [5, 5.41) is 0. The lowest BCUT2D eigenvalue weighted by Gasteiger charge is -2.30. The van der Waals surface area contributed by atoms with E-state index in [2.05, 4.69) is 11.9 Å². The Kier molecular flexibility index (Phi) is 3.35. The Hall–Kier alpha value is -2.04. The van der Waals surface area contributed by atoms with Crippen molar-refractivity contribution in [2.75, 3.05) is 20.3 Å². The molecule has 2 aliphatic rings. The maximum Gasteiger partial charge on any atom is 0.256 e. The molecule has 0 spiro atoms. The van der Waals surface area contributed by atoms with E-state index in [0.717, 1.165) is 19.4 Å². The monoisotopic (exact) mass is 288 g/mol. The molecular weight excluding hydrogens is 268 g/mol. The molecule has 0 unspecified atom stereocenters. The minimum Gasteiger partial charge on any atom is -0.493 e. The van der Waals surface area contributed by atoms with E-state index in [1.54, 1.807) is 19.2 Å². The highest BCUT2D eigenvalue weighted by atomic mass is 16.5. The standard InChI is InChI=1S/C16H20N2O3/c1-4-21-14-9-12-11(8-13(14)20-3)15(19)18-7-5-6-16(18,2)10-17-12/h8-10H,4-7H2,1-3H3/t16-/m0/s1. The third-order valence-electron chi connectivity index (χ3n) is 4.22. The Balaban J connectivity index is 2.11. The summed E-state index contributed by atoms with van der Waals surface area (Å²) in [5.74, 6) is 1.21. The zero-order chi connectivity index (χ0) is 15.0. The van der Waals surface area contributed by atoms with E-state index in [0.29, 0.717) is 29.4 Å². The number of nitrogens with zero attached hydrogens (tertiary/aromatic N) is 2. The highest BCUT2D eigenvalue weighted by molar-refractivity contribution is 6.04. The Morgan fingerprint density at radius 2 is 2.19 bits per heavy atom. The maximum absolute atomic E-state index is 12.8. The molecular formula is C16H20N2O3. The molecule has 0 N–H and O–H groups in total. The molecule has 1 atom stereocenters. The summed E-state index contributed by atoms with van der Waals surface area (Å²) in [6.07, 6.45) is 3.86. The molecule has 5 heteroatoms. The van der Waals surface area contributed by atoms with Gasteiger partial charge in [0.05, 0.1) is 30.5 Å². The van der Waals surface area contributed by atoms with E-state index in [1.165, 1.54) is 0 Å². The van der Waals surface area contributed by atoms with Crippen LogP contribution in [0.25, 0.3) is 0 Å². The van der Waals surface area contributed by atoms with Gasteiger partial charge < -0.3 is 14.4 Å². The predicted octanol–water partition coefficient (Wildman–Crippen LogP) is 2.80. The highest BCUT2D eigenvalue weighted by Crippen LogP contribution is 2.40. The van der Waals surface area contributed by atoms with E-state index >= 15 is 0 Å². The normalized spacial score (nSPS) is 23.6. The van der Waals surface area contributed by atoms with Gasteiger partial charge in [-0.15, -0.1) is 0 Å². The van der Waals surface area contributed by atoms with Gasteiger partial charge in [-0.2, -0.15) is 0 Å². The molecule has 1 aromatic carbocycles. The molecule has 2 aliphatic heterocycles. The molecule has 1 amide bonds. The SMILES string of the molecule is CCOc1cc2c(cc1OC)C(=O)N1CCC[C@@]1(C)C=N2. The average Bonchev–Trinajstić information content (AvgIpc) is 2.83. The number of methoxy groups -OCH3 is 1. The van der Waals surface area contributed by atoms with Crippen LogP contribution in [-0.4, -0.2) is 42.8 Å². The predicted molar refractivity (Wildman–Crippen MR) is 81.0 cm³/mol. The fourth-order valence-electron chi connectivity index (χ4n) is 3.06. The van der Waals surface area contributed by atoms with Gasteiger partial charge in [0.2, 0.25) is 0 Å². The molecule has 0 radical (unpaired) electrons. The van der Waals surface area contributed by atoms with Crippen LogP contribution in [0.3, 0.4) is 0 Å². The number of fused-ring (bicyclic) bond motifs is 2. The molecule has 1 saturated heterocycles. The molecule has 0 saturated carbocycles. The first-order valence-electron chi connectivity index (χ1n) is 7.31. The average molecular weight is 288 g/mol. The number of benzene rings is 1. The van der Waals surface area contributed by atoms with Gasteiger partial charge in [0.15, 0.2) is 11.5 Å². The zero-order valence-corrected chi connectivity index (χ0v) is 12.7. The third kappa shape index (κ3) is 2.17. The summed E-state index contributed by atoms with van der Waals surface area (Å²) in [5.41, 5.74) is 0.951. The van der Waals surface area contributed by atoms with Crippen molar-refractivity contribution in [1.82, 2.24) is 4.90 Å². The molecule has 1 fully saturated rings. The van der Waals surface area contributed by atoms with Gasteiger partial charge in [0.25, 0.3) is 5.91 Å². The molecule has 0 aliphatic carbocycles. The summed E-state index contributed by atoms with van der Waals surface area (Å²) in [6, 6.07) is 3.53. The Bertz CT molecular complexity index is 612. The van der Waals surface area contributed by atoms with Crippen LogP contribution >= 0.6 is 0 Å². The van der Waals surface area contributed by atoms with Crippen LogP contribution in [0, 0.1) is 0 Å². The molecule has 112 valence electrons. The lowest BCUT2D eigenvalue weighted by molar-refractivity contribution is 0.0712. The smallest absolute Gasteiger partial charge is 0.256 e. The molecule has 5 nitrogen and oxygen atoms in total. The summed E-state index contributed by atoms with van der Waals surface area (Å²) in [6.45, 7) is 5.29. The largest absolute Gasteiger partial charge is 0.493 e. The first-order chi connectivity index (χ1) is 10.1. The van der Waals surface area contributed by atoms with Gasteiger partial charge in [-0.05, 0) is 32.8 Å². The third-order valence-corrected chi connectivity index (χ3v) is 4.22. The second-order valence-corrected chi connectivity index (χ2v) is 5.63. The van der Waals surface area contributed by atoms with Crippen molar-refractivity contribution in [2.45, 2.75) is 32.2 Å². The van der Waals surface area contributed by atoms with Crippen molar-refractivity contribution in [1.29, 1.82) is 0 Å². The van der Waals surface area contributed by atoms with Crippen LogP contribution in [0.4, 0.5) is 5.69 Å². The van der Waals surface area contributed by atoms with Crippen LogP contribution < -0.4 is 9.47 Å². The summed E-state index contributed by atoms with van der Waals surface area (Å²) < 4.78 is 10.9. The minimum absolute atomic E-state index is 0.0175. The molecule has 3 rings (SSSR count). The topological polar surface area (TPSA) is 51.1 Å². The summed E-state index contributed by atoms with van der Waals surface area (Å²) in [7, 11) is 1.58. The number of carbonyl (C=O) groups is 1. The fraction of sp³-hybridized carbons (Fsp3) is 0.500. The number of aliphatic imine (C=N–C) groups is 1. The van der Waals surface area contributed by atoms with Crippen molar-refractivity contribution in [3.05, 3.63) is 17.7 Å². The van der Waals surface area contributed by atoms with E-state index < -0.39 is 0 Å². The van der Waals surface area contributed by atoms with E-state index in [4.69, 9.17) is 9.47 Å². The van der Waals surface area contributed by atoms with Crippen molar-refractivity contribution < 1.29 is 14.3 Å². The van der Waals surface area contributed by atoms with Crippen LogP contribution in [0.2, 0.25) is 0 Å². The highest BCUT2D eigenvalue weighted by Gasteiger charge is 2.41. The van der Waals surface area contributed by atoms with Crippen molar-refractivity contribution in [3.8, 4) is 11.5 Å². The molecule has 1 aromatic rings. The van der Waals surface area contributed by atoms with E-state index in [9.17, 15) is 4.79 Å². The van der Waals surface area contributed by atoms with Gasteiger partial charge in [0, 0.05) is 18.8 Å².